The third-order valence-electron chi connectivity index (χ3n) is 1.45. The molecule has 0 aliphatic rings. The largest absolute Gasteiger partial charge is 0.352 e. The van der Waals surface area contributed by atoms with Crippen molar-refractivity contribution in [2.75, 3.05) is 24.6 Å². The Hall–Kier alpha value is -0.150. The average Bonchev–Trinajstić information content (AvgIpc) is 2.32. The summed E-state index contributed by atoms with van der Waals surface area (Å²) in [5, 5.41) is 5.44. The van der Waals surface area contributed by atoms with Crippen LogP contribution in [-0.2, 0) is 9.59 Å². The second kappa shape index (κ2) is 12.3. The topological polar surface area (TPSA) is 58.2 Å². The minimum atomic E-state index is -0.145. The highest BCUT2D eigenvalue weighted by Crippen LogP contribution is 2.19. The van der Waals surface area contributed by atoms with Gasteiger partial charge in [0.2, 0.25) is 11.8 Å². The molecule has 2 N–H and O–H groups in total. The van der Waals surface area contributed by atoms with Crippen molar-refractivity contribution in [1.82, 2.24) is 10.6 Å². The molecule has 0 spiro atoms. The van der Waals surface area contributed by atoms with Gasteiger partial charge in [0.05, 0.1) is 0 Å². The third-order valence-corrected chi connectivity index (χ3v) is 4.22. The predicted molar refractivity (Wildman–Crippen MR) is 84.3 cm³/mol. The Morgan fingerprint density at radius 2 is 1.65 bits per heavy atom. The van der Waals surface area contributed by atoms with Gasteiger partial charge in [0.15, 0.2) is 0 Å². The van der Waals surface area contributed by atoms with Gasteiger partial charge in [-0.05, 0) is 10.2 Å². The summed E-state index contributed by atoms with van der Waals surface area (Å²) >= 11 is 2.00. The number of hydrogen-bond donors (Lipinski definition) is 2. The summed E-state index contributed by atoms with van der Waals surface area (Å²) in [7, 11) is 3.34. The van der Waals surface area contributed by atoms with Crippen LogP contribution in [0.3, 0.4) is 0 Å². The van der Waals surface area contributed by atoms with E-state index in [1.807, 2.05) is 22.6 Å². The highest BCUT2D eigenvalue weighted by Gasteiger charge is 1.96. The Kier molecular flexibility index (Phi) is 12.2. The molecule has 0 aromatic heterocycles. The number of amides is 2. The van der Waals surface area contributed by atoms with E-state index in [4.69, 9.17) is 0 Å². The quantitative estimate of drug-likeness (QED) is 0.274. The van der Waals surface area contributed by atoms with Crippen LogP contribution in [-0.4, -0.2) is 36.4 Å². The number of rotatable bonds is 9. The Morgan fingerprint density at radius 3 is 2.12 bits per heavy atom. The summed E-state index contributed by atoms with van der Waals surface area (Å²) in [6, 6.07) is 0. The molecule has 7 heteroatoms. The average molecular weight is 386 g/mol. The Bertz CT molecular complexity index is 285. The van der Waals surface area contributed by atoms with Crippen LogP contribution in [0.1, 0.15) is 0 Å². The fourth-order valence-electron chi connectivity index (χ4n) is 0.738. The van der Waals surface area contributed by atoms with E-state index in [1.54, 1.807) is 25.7 Å². The van der Waals surface area contributed by atoms with Crippen LogP contribution in [0.4, 0.5) is 0 Å². The van der Waals surface area contributed by atoms with Crippen molar-refractivity contribution in [2.45, 2.75) is 0 Å². The lowest BCUT2D eigenvalue weighted by Gasteiger charge is -2.03. The van der Waals surface area contributed by atoms with Crippen LogP contribution in [0.25, 0.3) is 0 Å². The normalized spacial score (nSPS) is 10.2. The van der Waals surface area contributed by atoms with Gasteiger partial charge in [-0.1, -0.05) is 50.8 Å². The highest BCUT2D eigenvalue weighted by molar-refractivity contribution is 14.1. The zero-order valence-corrected chi connectivity index (χ0v) is 13.1. The lowest BCUT2D eigenvalue weighted by molar-refractivity contribution is -0.117. The SMILES string of the molecule is C=CC(=O)NCCSSCCNC(=O)/C=C/I. The molecule has 2 amide bonds. The Labute approximate surface area is 123 Å². The zero-order chi connectivity index (χ0) is 12.9. The molecule has 0 rings (SSSR count). The van der Waals surface area contributed by atoms with Crippen molar-refractivity contribution in [2.24, 2.45) is 0 Å². The molecule has 4 nitrogen and oxygen atoms in total. The number of carbonyl (C=O) groups excluding carboxylic acids is 2. The molecular formula is C10H15IN2O2S2. The van der Waals surface area contributed by atoms with E-state index in [0.717, 1.165) is 11.5 Å². The molecule has 17 heavy (non-hydrogen) atoms. The summed E-state index contributed by atoms with van der Waals surface area (Å²) < 4.78 is 1.68. The number of nitrogens with one attached hydrogen (secondary N) is 2. The number of carbonyl (C=O) groups is 2. The molecule has 0 aromatic rings. The second-order valence-corrected chi connectivity index (χ2v) is 6.14. The predicted octanol–water partition coefficient (Wildman–Crippen LogP) is 1.73. The van der Waals surface area contributed by atoms with Crippen LogP contribution in [0.15, 0.2) is 22.8 Å². The fraction of sp³-hybridized carbons (Fsp3) is 0.400. The molecule has 0 aromatic carbocycles. The molecule has 0 bridgehead atoms. The standard InChI is InChI=1S/C10H15IN2O2S2/c1-2-9(14)12-5-7-16-17-8-6-13-10(15)3-4-11/h2-4H,1,5-8H2,(H,12,14)(H,13,15)/b4-3+. The molecule has 0 unspecified atom stereocenters. The van der Waals surface area contributed by atoms with E-state index in [2.05, 4.69) is 17.2 Å². The maximum Gasteiger partial charge on any atom is 0.244 e. The second-order valence-electron chi connectivity index (χ2n) is 2.72. The van der Waals surface area contributed by atoms with Crippen LogP contribution >= 0.6 is 44.2 Å². The van der Waals surface area contributed by atoms with Gasteiger partial charge < -0.3 is 10.6 Å². The summed E-state index contributed by atoms with van der Waals surface area (Å²) in [5.74, 6) is 1.48. The van der Waals surface area contributed by atoms with Crippen molar-refractivity contribution in [3.8, 4) is 0 Å². The smallest absolute Gasteiger partial charge is 0.244 e. The molecule has 0 aliphatic heterocycles. The van der Waals surface area contributed by atoms with Gasteiger partial charge in [-0.2, -0.15) is 0 Å². The van der Waals surface area contributed by atoms with Gasteiger partial charge >= 0.3 is 0 Å². The fourth-order valence-corrected chi connectivity index (χ4v) is 2.88. The maximum absolute atomic E-state index is 11.0. The zero-order valence-electron chi connectivity index (χ0n) is 9.28. The number of hydrogen-bond acceptors (Lipinski definition) is 4. The molecule has 0 saturated heterocycles. The number of halogens is 1. The summed E-state index contributed by atoms with van der Waals surface area (Å²) in [6.07, 6.45) is 2.75. The highest BCUT2D eigenvalue weighted by atomic mass is 127. The van der Waals surface area contributed by atoms with Crippen LogP contribution in [0, 0.1) is 0 Å². The first-order valence-electron chi connectivity index (χ1n) is 4.90. The minimum Gasteiger partial charge on any atom is -0.352 e. The van der Waals surface area contributed by atoms with Gasteiger partial charge in [-0.3, -0.25) is 9.59 Å². The van der Waals surface area contributed by atoms with Crippen molar-refractivity contribution in [3.05, 3.63) is 22.8 Å². The Balaban J connectivity index is 3.21. The molecule has 0 fully saturated rings. The maximum atomic E-state index is 11.0. The van der Waals surface area contributed by atoms with E-state index in [-0.39, 0.29) is 11.8 Å². The molecule has 0 radical (unpaired) electrons. The molecule has 0 aliphatic carbocycles. The molecule has 0 saturated carbocycles. The lowest BCUT2D eigenvalue weighted by atomic mass is 10.6. The van der Waals surface area contributed by atoms with Crippen molar-refractivity contribution in [3.63, 3.8) is 0 Å². The third kappa shape index (κ3) is 12.1. The van der Waals surface area contributed by atoms with E-state index >= 15 is 0 Å². The van der Waals surface area contributed by atoms with Crippen molar-refractivity contribution < 1.29 is 9.59 Å². The van der Waals surface area contributed by atoms with Crippen LogP contribution in [0.5, 0.6) is 0 Å². The molecule has 96 valence electrons. The minimum absolute atomic E-state index is 0.0664. The summed E-state index contributed by atoms with van der Waals surface area (Å²) in [5.41, 5.74) is 0. The van der Waals surface area contributed by atoms with Crippen LogP contribution in [0.2, 0.25) is 0 Å². The van der Waals surface area contributed by atoms with E-state index in [9.17, 15) is 9.59 Å². The van der Waals surface area contributed by atoms with Gasteiger partial charge in [0.25, 0.3) is 0 Å². The van der Waals surface area contributed by atoms with E-state index < -0.39 is 0 Å². The van der Waals surface area contributed by atoms with Gasteiger partial charge in [0, 0.05) is 30.7 Å². The first-order valence-corrected chi connectivity index (χ1v) is 8.63. The summed E-state index contributed by atoms with van der Waals surface area (Å²) in [6.45, 7) is 4.64. The van der Waals surface area contributed by atoms with Gasteiger partial charge in [-0.15, -0.1) is 0 Å². The van der Waals surface area contributed by atoms with E-state index in [0.29, 0.717) is 13.1 Å². The van der Waals surface area contributed by atoms with Gasteiger partial charge in [-0.25, -0.2) is 0 Å². The first kappa shape index (κ1) is 16.9. The van der Waals surface area contributed by atoms with Gasteiger partial charge in [0.1, 0.15) is 0 Å². The molecule has 0 atom stereocenters. The monoisotopic (exact) mass is 386 g/mol. The molecular weight excluding hydrogens is 371 g/mol. The first-order chi connectivity index (χ1) is 8.20. The van der Waals surface area contributed by atoms with Crippen molar-refractivity contribution >= 4 is 56.0 Å². The lowest BCUT2D eigenvalue weighted by Crippen LogP contribution is -2.24. The van der Waals surface area contributed by atoms with Crippen molar-refractivity contribution in [1.29, 1.82) is 0 Å². The molecule has 0 heterocycles. The Morgan fingerprint density at radius 1 is 1.12 bits per heavy atom. The van der Waals surface area contributed by atoms with Crippen LogP contribution < -0.4 is 10.6 Å². The summed E-state index contributed by atoms with van der Waals surface area (Å²) in [4.78, 5) is 21.8. The van der Waals surface area contributed by atoms with E-state index in [1.165, 1.54) is 12.2 Å².